The molecule has 0 unspecified atom stereocenters. The van der Waals surface area contributed by atoms with Gasteiger partial charge >= 0.3 is 7.12 Å². The van der Waals surface area contributed by atoms with Gasteiger partial charge < -0.3 is 14.6 Å². The Labute approximate surface area is 208 Å². The third-order valence-electron chi connectivity index (χ3n) is 8.01. The van der Waals surface area contributed by atoms with Crippen LogP contribution < -0.4 is 10.8 Å². The molecule has 0 aromatic heterocycles. The van der Waals surface area contributed by atoms with E-state index in [0.29, 0.717) is 0 Å². The summed E-state index contributed by atoms with van der Waals surface area (Å²) in [6.45, 7) is 8.40. The Hall–Kier alpha value is -3.34. The zero-order valence-electron chi connectivity index (χ0n) is 20.7. The highest BCUT2D eigenvalue weighted by Crippen LogP contribution is 2.53. The number of hydrogen-bond donors (Lipinski definition) is 1. The van der Waals surface area contributed by atoms with Crippen LogP contribution in [-0.4, -0.2) is 18.3 Å². The lowest BCUT2D eigenvalue weighted by molar-refractivity contribution is 0.00578. The van der Waals surface area contributed by atoms with E-state index >= 15 is 0 Å². The first-order chi connectivity index (χ1) is 16.8. The van der Waals surface area contributed by atoms with Crippen LogP contribution in [0, 0.1) is 0 Å². The monoisotopic (exact) mass is 459 g/mol. The van der Waals surface area contributed by atoms with E-state index in [-0.39, 0.29) is 0 Å². The van der Waals surface area contributed by atoms with Crippen LogP contribution in [0.2, 0.25) is 0 Å². The van der Waals surface area contributed by atoms with E-state index in [4.69, 9.17) is 9.31 Å². The van der Waals surface area contributed by atoms with E-state index in [9.17, 15) is 0 Å². The number of rotatable bonds is 3. The quantitative estimate of drug-likeness (QED) is 0.316. The molecule has 3 nitrogen and oxygen atoms in total. The minimum atomic E-state index is -0.487. The second-order valence-electron chi connectivity index (χ2n) is 10.5. The maximum absolute atomic E-state index is 6.52. The zero-order valence-corrected chi connectivity index (χ0v) is 20.7. The highest BCUT2D eigenvalue weighted by Gasteiger charge is 2.53. The smallest absolute Gasteiger partial charge is 0.399 e. The average molecular weight is 459 g/mol. The molecule has 1 N–H and O–H groups in total. The minimum Gasteiger partial charge on any atom is -0.399 e. The van der Waals surface area contributed by atoms with Gasteiger partial charge in [-0.3, -0.25) is 0 Å². The molecule has 0 amide bonds. The molecule has 0 aliphatic carbocycles. The molecule has 0 atom stereocenters. The second kappa shape index (κ2) is 7.84. The number of para-hydroxylation sites is 2. The Kier molecular flexibility index (Phi) is 4.96. The van der Waals surface area contributed by atoms with Gasteiger partial charge in [0.15, 0.2) is 0 Å². The first-order valence-corrected chi connectivity index (χ1v) is 12.3. The molecule has 1 saturated heterocycles. The van der Waals surface area contributed by atoms with E-state index in [0.717, 1.165) is 16.8 Å². The van der Waals surface area contributed by atoms with Crippen molar-refractivity contribution in [3.63, 3.8) is 0 Å². The molecule has 1 fully saturated rings. The molecule has 2 heterocycles. The fraction of sp³-hybridized carbons (Fsp3) is 0.226. The summed E-state index contributed by atoms with van der Waals surface area (Å²) in [5.74, 6) is 0. The number of fused-ring (bicyclic) bond motifs is 2. The number of nitrogens with one attached hydrogen (secondary N) is 1. The molecule has 6 rings (SSSR count). The molecular weight excluding hydrogens is 429 g/mol. The third kappa shape index (κ3) is 3.21. The van der Waals surface area contributed by atoms with Crippen LogP contribution in [0.25, 0.3) is 0 Å². The van der Waals surface area contributed by atoms with Crippen LogP contribution in [0.15, 0.2) is 103 Å². The number of anilines is 2. The number of hydrogen-bond acceptors (Lipinski definition) is 3. The maximum atomic E-state index is 6.52. The summed E-state index contributed by atoms with van der Waals surface area (Å²) in [7, 11) is -0.461. The summed E-state index contributed by atoms with van der Waals surface area (Å²) in [5.41, 5.74) is 6.74. The fourth-order valence-corrected chi connectivity index (χ4v) is 5.55. The van der Waals surface area contributed by atoms with Crippen molar-refractivity contribution in [3.8, 4) is 0 Å². The SMILES string of the molecule is CC1(C)OB(c2cccc3c2Nc2ccccc2C3(c2ccccc2)c2ccccc2)OC1(C)C. The van der Waals surface area contributed by atoms with Crippen LogP contribution in [0.4, 0.5) is 11.4 Å². The highest BCUT2D eigenvalue weighted by atomic mass is 16.7. The summed E-state index contributed by atoms with van der Waals surface area (Å²) in [5, 5.41) is 3.77. The van der Waals surface area contributed by atoms with Gasteiger partial charge in [0.25, 0.3) is 0 Å². The topological polar surface area (TPSA) is 30.5 Å². The Bertz CT molecular complexity index is 1330. The average Bonchev–Trinajstić information content (AvgIpc) is 3.09. The minimum absolute atomic E-state index is 0.414. The summed E-state index contributed by atoms with van der Waals surface area (Å²) < 4.78 is 13.0. The van der Waals surface area contributed by atoms with Gasteiger partial charge in [0.2, 0.25) is 0 Å². The van der Waals surface area contributed by atoms with Crippen LogP contribution in [0.1, 0.15) is 49.9 Å². The van der Waals surface area contributed by atoms with Crippen LogP contribution in [0.3, 0.4) is 0 Å². The van der Waals surface area contributed by atoms with Gasteiger partial charge in [0.05, 0.1) is 16.6 Å². The fourth-order valence-electron chi connectivity index (χ4n) is 5.55. The molecule has 4 aromatic carbocycles. The molecule has 0 saturated carbocycles. The van der Waals surface area contributed by atoms with Crippen LogP contribution in [-0.2, 0) is 14.7 Å². The van der Waals surface area contributed by atoms with Crippen molar-refractivity contribution in [2.24, 2.45) is 0 Å². The Morgan fingerprint density at radius 3 is 1.69 bits per heavy atom. The van der Waals surface area contributed by atoms with E-state index in [1.807, 2.05) is 0 Å². The summed E-state index contributed by atoms with van der Waals surface area (Å²) in [6.07, 6.45) is 0. The molecule has 2 aliphatic rings. The van der Waals surface area contributed by atoms with Gasteiger partial charge in [-0.15, -0.1) is 0 Å². The van der Waals surface area contributed by atoms with Gasteiger partial charge in [-0.05, 0) is 56.0 Å². The standard InChI is InChI=1S/C31H30BNO2/c1-29(2)30(3,4)35-32(34-29)26-20-13-19-25-28(26)33-27-21-12-11-18-24(27)31(25,22-14-7-5-8-15-22)23-16-9-6-10-17-23/h5-21,33H,1-4H3. The maximum Gasteiger partial charge on any atom is 0.496 e. The largest absolute Gasteiger partial charge is 0.496 e. The first-order valence-electron chi connectivity index (χ1n) is 12.3. The van der Waals surface area contributed by atoms with Crippen molar-refractivity contribution >= 4 is 24.0 Å². The number of benzene rings is 4. The molecule has 4 aromatic rings. The Balaban J connectivity index is 1.67. The van der Waals surface area contributed by atoms with Crippen molar-refractivity contribution in [1.82, 2.24) is 0 Å². The lowest BCUT2D eigenvalue weighted by Gasteiger charge is -2.43. The van der Waals surface area contributed by atoms with E-state index in [1.165, 1.54) is 22.3 Å². The van der Waals surface area contributed by atoms with Gasteiger partial charge in [-0.2, -0.15) is 0 Å². The predicted octanol–water partition coefficient (Wildman–Crippen LogP) is 6.43. The van der Waals surface area contributed by atoms with Gasteiger partial charge in [0, 0.05) is 16.8 Å². The molecule has 35 heavy (non-hydrogen) atoms. The molecule has 174 valence electrons. The van der Waals surface area contributed by atoms with Gasteiger partial charge in [-0.25, -0.2) is 0 Å². The van der Waals surface area contributed by atoms with Crippen molar-refractivity contribution in [1.29, 1.82) is 0 Å². The van der Waals surface area contributed by atoms with Crippen LogP contribution in [0.5, 0.6) is 0 Å². The molecule has 0 bridgehead atoms. The molecule has 0 radical (unpaired) electrons. The normalized spacial score (nSPS) is 18.9. The molecule has 4 heteroatoms. The molecule has 2 aliphatic heterocycles. The van der Waals surface area contributed by atoms with Crippen molar-refractivity contribution in [2.45, 2.75) is 44.3 Å². The van der Waals surface area contributed by atoms with Gasteiger partial charge in [0.1, 0.15) is 0 Å². The summed E-state index contributed by atoms with van der Waals surface area (Å²) >= 11 is 0. The van der Waals surface area contributed by atoms with E-state index in [1.54, 1.807) is 0 Å². The van der Waals surface area contributed by atoms with Crippen LogP contribution >= 0.6 is 0 Å². The first kappa shape index (κ1) is 22.1. The molecule has 0 spiro atoms. The van der Waals surface area contributed by atoms with Crippen molar-refractivity contribution in [2.75, 3.05) is 5.32 Å². The lowest BCUT2D eigenvalue weighted by Crippen LogP contribution is -2.41. The third-order valence-corrected chi connectivity index (χ3v) is 8.01. The van der Waals surface area contributed by atoms with Crippen molar-refractivity contribution in [3.05, 3.63) is 125 Å². The highest BCUT2D eigenvalue weighted by molar-refractivity contribution is 6.64. The van der Waals surface area contributed by atoms with Crippen molar-refractivity contribution < 1.29 is 9.31 Å². The molecular formula is C31H30BNO2. The lowest BCUT2D eigenvalue weighted by atomic mass is 9.61. The Morgan fingerprint density at radius 1 is 0.571 bits per heavy atom. The van der Waals surface area contributed by atoms with E-state index < -0.39 is 23.7 Å². The van der Waals surface area contributed by atoms with Gasteiger partial charge in [-0.1, -0.05) is 97.1 Å². The second-order valence-corrected chi connectivity index (χ2v) is 10.5. The predicted molar refractivity (Wildman–Crippen MR) is 144 cm³/mol. The van der Waals surface area contributed by atoms with E-state index in [2.05, 4.69) is 136 Å². The zero-order chi connectivity index (χ0) is 24.3. The Morgan fingerprint density at radius 2 is 1.09 bits per heavy atom. The summed E-state index contributed by atoms with van der Waals surface area (Å²) in [4.78, 5) is 0. The summed E-state index contributed by atoms with van der Waals surface area (Å²) in [6, 6.07) is 36.8.